The molecule has 2 aromatic rings. The van der Waals surface area contributed by atoms with Crippen LogP contribution in [0.15, 0.2) is 33.9 Å². The molecule has 0 atom stereocenters. The fourth-order valence-corrected chi connectivity index (χ4v) is 2.56. The van der Waals surface area contributed by atoms with Crippen molar-refractivity contribution in [3.8, 4) is 5.69 Å². The number of nitrogens with zero attached hydrogens (tertiary/aromatic N) is 2. The zero-order valence-corrected chi connectivity index (χ0v) is 15.1. The van der Waals surface area contributed by atoms with Gasteiger partial charge in [0.05, 0.1) is 24.1 Å². The number of ether oxygens (including phenoxy) is 1. The molecule has 0 saturated carbocycles. The molecule has 0 spiro atoms. The van der Waals surface area contributed by atoms with Crippen LogP contribution in [-0.4, -0.2) is 28.1 Å². The highest BCUT2D eigenvalue weighted by Gasteiger charge is 2.31. The summed E-state index contributed by atoms with van der Waals surface area (Å²) in [5.41, 5.74) is -3.50. The molecule has 1 aromatic carbocycles. The molecular formula is C17H16F3N3O5. The van der Waals surface area contributed by atoms with E-state index >= 15 is 0 Å². The van der Waals surface area contributed by atoms with E-state index in [1.165, 1.54) is 19.9 Å². The number of carbonyl (C=O) groups is 2. The van der Waals surface area contributed by atoms with Crippen molar-refractivity contribution >= 4 is 17.6 Å². The maximum absolute atomic E-state index is 13.0. The lowest BCUT2D eigenvalue weighted by Gasteiger charge is -2.17. The number of hydrogen-bond acceptors (Lipinski definition) is 5. The number of anilines is 1. The number of methoxy groups -OCH3 is 1. The van der Waals surface area contributed by atoms with Crippen LogP contribution in [0.25, 0.3) is 5.69 Å². The summed E-state index contributed by atoms with van der Waals surface area (Å²) in [6, 6.07) is 3.93. The molecule has 1 amide bonds. The number of alkyl halides is 3. The van der Waals surface area contributed by atoms with Gasteiger partial charge in [0.2, 0.25) is 0 Å². The van der Waals surface area contributed by atoms with Crippen LogP contribution in [0.5, 0.6) is 0 Å². The molecule has 0 radical (unpaired) electrons. The predicted molar refractivity (Wildman–Crippen MR) is 92.4 cm³/mol. The highest BCUT2D eigenvalue weighted by molar-refractivity contribution is 6.37. The molecule has 0 unspecified atom stereocenters. The van der Waals surface area contributed by atoms with Gasteiger partial charge in [-0.25, -0.2) is 9.59 Å². The van der Waals surface area contributed by atoms with E-state index in [0.29, 0.717) is 0 Å². The van der Waals surface area contributed by atoms with Crippen LogP contribution >= 0.6 is 0 Å². The second-order valence-corrected chi connectivity index (χ2v) is 5.62. The Morgan fingerprint density at radius 1 is 1.21 bits per heavy atom. The number of halogens is 3. The molecule has 11 heteroatoms. The summed E-state index contributed by atoms with van der Waals surface area (Å²) in [6.07, 6.45) is -4.64. The first-order valence-corrected chi connectivity index (χ1v) is 7.96. The lowest BCUT2D eigenvalue weighted by Crippen LogP contribution is -2.42. The smallest absolute Gasteiger partial charge is 0.416 e. The summed E-state index contributed by atoms with van der Waals surface area (Å²) < 4.78 is 44.9. The highest BCUT2D eigenvalue weighted by Crippen LogP contribution is 2.30. The fourth-order valence-electron chi connectivity index (χ4n) is 2.56. The molecule has 1 heterocycles. The van der Waals surface area contributed by atoms with Gasteiger partial charge in [-0.2, -0.15) is 13.2 Å². The zero-order chi connectivity index (χ0) is 21.2. The minimum absolute atomic E-state index is 0.113. The first kappa shape index (κ1) is 20.9. The van der Waals surface area contributed by atoms with Crippen LogP contribution in [0.1, 0.15) is 18.2 Å². The van der Waals surface area contributed by atoms with Crippen molar-refractivity contribution in [3.05, 3.63) is 56.4 Å². The van der Waals surface area contributed by atoms with Crippen molar-refractivity contribution in [2.75, 3.05) is 12.4 Å². The largest absolute Gasteiger partial charge is 0.462 e. The van der Waals surface area contributed by atoms with Crippen LogP contribution in [0, 0.1) is 6.92 Å². The maximum atomic E-state index is 13.0. The first-order chi connectivity index (χ1) is 13.0. The summed E-state index contributed by atoms with van der Waals surface area (Å²) >= 11 is 0. The summed E-state index contributed by atoms with van der Waals surface area (Å²) in [5, 5.41) is 2.06. The molecule has 1 aromatic heterocycles. The average molecular weight is 399 g/mol. The van der Waals surface area contributed by atoms with Crippen LogP contribution in [0.3, 0.4) is 0 Å². The minimum atomic E-state index is -4.64. The Bertz CT molecular complexity index is 1050. The molecule has 0 bridgehead atoms. The third-order valence-electron chi connectivity index (χ3n) is 3.94. The van der Waals surface area contributed by atoms with Gasteiger partial charge in [-0.3, -0.25) is 18.7 Å². The zero-order valence-electron chi connectivity index (χ0n) is 15.1. The van der Waals surface area contributed by atoms with E-state index in [1.54, 1.807) is 0 Å². The van der Waals surface area contributed by atoms with Crippen molar-refractivity contribution in [1.82, 2.24) is 9.13 Å². The molecular weight excluding hydrogens is 383 g/mol. The molecule has 0 aliphatic heterocycles. The Morgan fingerprint density at radius 2 is 1.86 bits per heavy atom. The fraction of sp³-hybridized carbons (Fsp3) is 0.294. The Balaban J connectivity index is 2.77. The van der Waals surface area contributed by atoms with Crippen molar-refractivity contribution in [2.24, 2.45) is 0 Å². The SMILES string of the molecule is CCn1c(=O)c(NC(=O)C(=O)OC)c(C)n(-c2cccc(C(F)(F)F)c2)c1=O. The van der Waals surface area contributed by atoms with Gasteiger partial charge in [-0.05, 0) is 32.0 Å². The molecule has 0 aliphatic carbocycles. The molecule has 1 N–H and O–H groups in total. The number of esters is 1. The highest BCUT2D eigenvalue weighted by atomic mass is 19.4. The van der Waals surface area contributed by atoms with E-state index in [9.17, 15) is 32.3 Å². The van der Waals surface area contributed by atoms with Crippen LogP contribution in [0.4, 0.5) is 18.9 Å². The summed E-state index contributed by atoms with van der Waals surface area (Å²) in [5.74, 6) is -2.54. The Kier molecular flexibility index (Phi) is 5.76. The molecule has 0 saturated heterocycles. The summed E-state index contributed by atoms with van der Waals surface area (Å²) in [7, 11) is 0.961. The quantitative estimate of drug-likeness (QED) is 0.622. The van der Waals surface area contributed by atoms with Crippen LogP contribution in [-0.2, 0) is 27.0 Å². The third kappa shape index (κ3) is 3.82. The standard InChI is InChI=1S/C17H16F3N3O5/c1-4-22-14(25)12(21-13(24)15(26)28-3)9(2)23(16(22)27)11-7-5-6-10(8-11)17(18,19)20/h5-8H,4H2,1-3H3,(H,21,24). The normalized spacial score (nSPS) is 11.2. The lowest BCUT2D eigenvalue weighted by molar-refractivity contribution is -0.150. The number of aromatic nitrogens is 2. The van der Waals surface area contributed by atoms with Gasteiger partial charge >= 0.3 is 23.7 Å². The van der Waals surface area contributed by atoms with Gasteiger partial charge in [0, 0.05) is 6.54 Å². The number of hydrogen-bond donors (Lipinski definition) is 1. The van der Waals surface area contributed by atoms with Gasteiger partial charge in [0.25, 0.3) is 5.56 Å². The van der Waals surface area contributed by atoms with Gasteiger partial charge in [0.1, 0.15) is 5.69 Å². The van der Waals surface area contributed by atoms with Gasteiger partial charge in [-0.15, -0.1) is 0 Å². The van der Waals surface area contributed by atoms with Crippen molar-refractivity contribution in [1.29, 1.82) is 0 Å². The number of benzene rings is 1. The Morgan fingerprint density at radius 3 is 2.39 bits per heavy atom. The van der Waals surface area contributed by atoms with Gasteiger partial charge in [-0.1, -0.05) is 6.07 Å². The number of carbonyl (C=O) groups excluding carboxylic acids is 2. The Hall–Kier alpha value is -3.37. The summed E-state index contributed by atoms with van der Waals surface area (Å²) in [6.45, 7) is 2.62. The molecule has 0 fully saturated rings. The van der Waals surface area contributed by atoms with Crippen molar-refractivity contribution in [2.45, 2.75) is 26.6 Å². The second kappa shape index (κ2) is 7.71. The van der Waals surface area contributed by atoms with Gasteiger partial charge < -0.3 is 10.1 Å². The molecule has 28 heavy (non-hydrogen) atoms. The van der Waals surface area contributed by atoms with E-state index in [2.05, 4.69) is 10.1 Å². The Labute approximate surface area is 156 Å². The van der Waals surface area contributed by atoms with Crippen LogP contribution in [0.2, 0.25) is 0 Å². The number of amides is 1. The third-order valence-corrected chi connectivity index (χ3v) is 3.94. The number of rotatable bonds is 3. The first-order valence-electron chi connectivity index (χ1n) is 7.96. The summed E-state index contributed by atoms with van der Waals surface area (Å²) in [4.78, 5) is 48.3. The van der Waals surface area contributed by atoms with Crippen LogP contribution < -0.4 is 16.6 Å². The maximum Gasteiger partial charge on any atom is 0.416 e. The lowest BCUT2D eigenvalue weighted by atomic mass is 10.2. The van der Waals surface area contributed by atoms with Gasteiger partial charge in [0.15, 0.2) is 0 Å². The van der Waals surface area contributed by atoms with E-state index in [1.807, 2.05) is 0 Å². The number of nitrogens with one attached hydrogen (secondary N) is 1. The topological polar surface area (TPSA) is 99.4 Å². The molecule has 0 aliphatic rings. The molecule has 8 nitrogen and oxygen atoms in total. The monoisotopic (exact) mass is 399 g/mol. The van der Waals surface area contributed by atoms with E-state index in [4.69, 9.17) is 0 Å². The average Bonchev–Trinajstić information content (AvgIpc) is 2.64. The minimum Gasteiger partial charge on any atom is -0.462 e. The van der Waals surface area contributed by atoms with E-state index in [0.717, 1.165) is 34.4 Å². The second-order valence-electron chi connectivity index (χ2n) is 5.62. The molecule has 2 rings (SSSR count). The van der Waals surface area contributed by atoms with Crippen molar-refractivity contribution in [3.63, 3.8) is 0 Å². The van der Waals surface area contributed by atoms with E-state index < -0.39 is 40.6 Å². The predicted octanol–water partition coefficient (Wildman–Crippen LogP) is 1.46. The van der Waals surface area contributed by atoms with Crippen molar-refractivity contribution < 1.29 is 27.5 Å². The van der Waals surface area contributed by atoms with E-state index in [-0.39, 0.29) is 17.9 Å². The molecule has 150 valence electrons.